The highest BCUT2D eigenvalue weighted by Gasteiger charge is 2.22. The summed E-state index contributed by atoms with van der Waals surface area (Å²) >= 11 is 0. The molecule has 1 aliphatic rings. The van der Waals surface area contributed by atoms with Crippen LogP contribution in [0.25, 0.3) is 0 Å². The zero-order chi connectivity index (χ0) is 22.3. The van der Waals surface area contributed by atoms with Crippen molar-refractivity contribution in [2.75, 3.05) is 23.4 Å². The van der Waals surface area contributed by atoms with E-state index < -0.39 is 0 Å². The van der Waals surface area contributed by atoms with Gasteiger partial charge in [0.25, 0.3) is 5.91 Å². The Kier molecular flexibility index (Phi) is 7.00. The summed E-state index contributed by atoms with van der Waals surface area (Å²) in [4.78, 5) is 24.2. The van der Waals surface area contributed by atoms with Crippen molar-refractivity contribution in [1.82, 2.24) is 9.97 Å². The summed E-state index contributed by atoms with van der Waals surface area (Å²) in [6.45, 7) is 5.34. The van der Waals surface area contributed by atoms with Crippen LogP contribution in [0, 0.1) is 0 Å². The van der Waals surface area contributed by atoms with Crippen LogP contribution in [0.3, 0.4) is 0 Å². The Morgan fingerprint density at radius 1 is 1.12 bits per heavy atom. The molecule has 166 valence electrons. The number of carbonyl (C=O) groups is 1. The lowest BCUT2D eigenvalue weighted by Crippen LogP contribution is -2.33. The molecule has 0 unspecified atom stereocenters. The van der Waals surface area contributed by atoms with E-state index in [2.05, 4.69) is 39.6 Å². The molecule has 0 aliphatic carbocycles. The van der Waals surface area contributed by atoms with E-state index in [9.17, 15) is 4.79 Å². The van der Waals surface area contributed by atoms with Crippen LogP contribution in [-0.2, 0) is 12.8 Å². The van der Waals surface area contributed by atoms with Gasteiger partial charge in [-0.2, -0.15) is 4.98 Å². The molecule has 0 saturated heterocycles. The Labute approximate surface area is 189 Å². The molecular weight excluding hydrogens is 400 g/mol. The molecule has 1 N–H and O–H groups in total. The average molecular weight is 431 g/mol. The molecule has 3 aromatic rings. The molecule has 0 spiro atoms. The zero-order valence-corrected chi connectivity index (χ0v) is 18.8. The molecule has 2 aromatic carbocycles. The highest BCUT2D eigenvalue weighted by Crippen LogP contribution is 2.27. The van der Waals surface area contributed by atoms with Crippen LogP contribution in [-0.4, -0.2) is 35.1 Å². The van der Waals surface area contributed by atoms with Crippen molar-refractivity contribution < 1.29 is 9.53 Å². The summed E-state index contributed by atoms with van der Waals surface area (Å²) in [5, 5.41) is 3.22. The van der Waals surface area contributed by atoms with Crippen LogP contribution in [0.5, 0.6) is 5.75 Å². The van der Waals surface area contributed by atoms with Gasteiger partial charge >= 0.3 is 0 Å². The van der Waals surface area contributed by atoms with Gasteiger partial charge in [-0.05, 0) is 68.5 Å². The summed E-state index contributed by atoms with van der Waals surface area (Å²) in [5.41, 5.74) is 3.06. The highest BCUT2D eigenvalue weighted by molar-refractivity contribution is 6.05. The smallest absolute Gasteiger partial charge is 0.259 e. The van der Waals surface area contributed by atoms with E-state index in [0.29, 0.717) is 30.5 Å². The maximum absolute atomic E-state index is 13.5. The Hall–Kier alpha value is -3.41. The fourth-order valence-electron chi connectivity index (χ4n) is 3.87. The molecule has 2 heterocycles. The van der Waals surface area contributed by atoms with Gasteiger partial charge in [0, 0.05) is 30.8 Å². The fraction of sp³-hybridized carbons (Fsp3) is 0.346. The first-order valence-corrected chi connectivity index (χ1v) is 11.3. The first-order valence-electron chi connectivity index (χ1n) is 11.3. The molecule has 0 radical (unpaired) electrons. The summed E-state index contributed by atoms with van der Waals surface area (Å²) in [6.07, 6.45) is 5.40. The molecule has 1 aromatic heterocycles. The summed E-state index contributed by atoms with van der Waals surface area (Å²) in [6, 6.07) is 18.1. The normalized spacial score (nSPS) is 12.3. The fourth-order valence-corrected chi connectivity index (χ4v) is 3.87. The number of nitrogens with zero attached hydrogens (tertiary/aromatic N) is 3. The van der Waals surface area contributed by atoms with Gasteiger partial charge in [0.15, 0.2) is 0 Å². The second-order valence-electron chi connectivity index (χ2n) is 8.36. The Bertz CT molecular complexity index is 1050. The minimum atomic E-state index is -0.0476. The van der Waals surface area contributed by atoms with Crippen molar-refractivity contribution in [3.05, 3.63) is 77.5 Å². The minimum Gasteiger partial charge on any atom is -0.493 e. The molecule has 0 saturated carbocycles. The zero-order valence-electron chi connectivity index (χ0n) is 18.8. The number of hydrogen-bond donors (Lipinski definition) is 1. The number of nitrogens with one attached hydrogen (secondary N) is 1. The van der Waals surface area contributed by atoms with Gasteiger partial charge in [-0.3, -0.25) is 9.69 Å². The highest BCUT2D eigenvalue weighted by atomic mass is 16.5. The second-order valence-corrected chi connectivity index (χ2v) is 8.36. The summed E-state index contributed by atoms with van der Waals surface area (Å²) < 4.78 is 5.60. The lowest BCUT2D eigenvalue weighted by Gasteiger charge is -2.23. The summed E-state index contributed by atoms with van der Waals surface area (Å²) in [7, 11) is 0. The summed E-state index contributed by atoms with van der Waals surface area (Å²) in [5.74, 6) is 1.97. The number of aromatic nitrogens is 2. The number of benzene rings is 2. The van der Waals surface area contributed by atoms with Gasteiger partial charge in [0.1, 0.15) is 11.6 Å². The van der Waals surface area contributed by atoms with Crippen LogP contribution in [0.2, 0.25) is 0 Å². The van der Waals surface area contributed by atoms with Crippen molar-refractivity contribution in [2.24, 2.45) is 0 Å². The largest absolute Gasteiger partial charge is 0.493 e. The lowest BCUT2D eigenvalue weighted by molar-refractivity contribution is 0.0985. The van der Waals surface area contributed by atoms with Gasteiger partial charge in [0.05, 0.1) is 6.61 Å². The molecule has 1 amide bonds. The maximum atomic E-state index is 13.5. The Balaban J connectivity index is 1.52. The van der Waals surface area contributed by atoms with E-state index in [4.69, 9.17) is 4.74 Å². The monoisotopic (exact) mass is 430 g/mol. The van der Waals surface area contributed by atoms with Crippen molar-refractivity contribution >= 4 is 17.7 Å². The third kappa shape index (κ3) is 5.44. The van der Waals surface area contributed by atoms with E-state index in [1.807, 2.05) is 38.1 Å². The van der Waals surface area contributed by atoms with Gasteiger partial charge in [-0.15, -0.1) is 0 Å². The number of unbranched alkanes of at least 4 members (excludes halogenated alkanes) is 1. The molecule has 1 aliphatic heterocycles. The molecular formula is C26H30N4O2. The maximum Gasteiger partial charge on any atom is 0.259 e. The average Bonchev–Trinajstić information content (AvgIpc) is 3.27. The molecule has 6 nitrogen and oxygen atoms in total. The first-order chi connectivity index (χ1) is 15.6. The van der Waals surface area contributed by atoms with E-state index >= 15 is 0 Å². The van der Waals surface area contributed by atoms with Crippen LogP contribution in [0.1, 0.15) is 48.2 Å². The van der Waals surface area contributed by atoms with Crippen molar-refractivity contribution in [3.63, 3.8) is 0 Å². The van der Waals surface area contributed by atoms with Crippen LogP contribution in [0.4, 0.5) is 11.8 Å². The van der Waals surface area contributed by atoms with E-state index in [-0.39, 0.29) is 11.9 Å². The quantitative estimate of drug-likeness (QED) is 0.489. The molecule has 0 fully saturated rings. The van der Waals surface area contributed by atoms with Gasteiger partial charge in [0.2, 0.25) is 5.95 Å². The number of rotatable bonds is 9. The number of fused-ring (bicyclic) bond motifs is 1. The number of carbonyl (C=O) groups excluding carboxylic acids is 1. The number of ether oxygens (including phenoxy) is 1. The van der Waals surface area contributed by atoms with Gasteiger partial charge in [-0.25, -0.2) is 4.98 Å². The van der Waals surface area contributed by atoms with Crippen molar-refractivity contribution in [3.8, 4) is 5.75 Å². The van der Waals surface area contributed by atoms with Gasteiger partial charge in [-0.1, -0.05) is 30.3 Å². The van der Waals surface area contributed by atoms with Crippen LogP contribution < -0.4 is 15.0 Å². The standard InChI is InChI=1S/C26H30N4O2/c1-19(2)28-26-27-15-13-24(29-26)30(16-7-6-10-20-8-4-3-5-9-20)25(31)22-11-12-23-21(18-22)14-17-32-23/h3-5,8-9,11-13,15,18-19H,6-7,10,14,16-17H2,1-2H3,(H,27,28,29). The molecule has 0 bridgehead atoms. The van der Waals surface area contributed by atoms with Crippen LogP contribution >= 0.6 is 0 Å². The molecule has 0 atom stereocenters. The Morgan fingerprint density at radius 2 is 1.97 bits per heavy atom. The third-order valence-corrected chi connectivity index (χ3v) is 5.46. The van der Waals surface area contributed by atoms with Crippen molar-refractivity contribution in [1.29, 1.82) is 0 Å². The minimum absolute atomic E-state index is 0.0476. The van der Waals surface area contributed by atoms with E-state index in [0.717, 1.165) is 37.0 Å². The predicted octanol–water partition coefficient (Wildman–Crippen LogP) is 4.90. The first kappa shape index (κ1) is 21.8. The van der Waals surface area contributed by atoms with E-state index in [1.54, 1.807) is 17.2 Å². The molecule has 4 rings (SSSR count). The van der Waals surface area contributed by atoms with Gasteiger partial charge < -0.3 is 10.1 Å². The van der Waals surface area contributed by atoms with Crippen molar-refractivity contribution in [2.45, 2.75) is 45.6 Å². The molecule has 32 heavy (non-hydrogen) atoms. The predicted molar refractivity (Wildman–Crippen MR) is 127 cm³/mol. The van der Waals surface area contributed by atoms with E-state index in [1.165, 1.54) is 5.56 Å². The number of anilines is 2. The number of aryl methyl sites for hydroxylation is 1. The lowest BCUT2D eigenvalue weighted by atomic mass is 10.1. The third-order valence-electron chi connectivity index (χ3n) is 5.46. The SMILES string of the molecule is CC(C)Nc1nccc(N(CCCCc2ccccc2)C(=O)c2ccc3c(c2)CCO3)n1. The number of amides is 1. The second kappa shape index (κ2) is 10.3. The van der Waals surface area contributed by atoms with Crippen LogP contribution in [0.15, 0.2) is 60.8 Å². The Morgan fingerprint density at radius 3 is 2.78 bits per heavy atom. The number of hydrogen-bond acceptors (Lipinski definition) is 5. The molecule has 6 heteroatoms. The topological polar surface area (TPSA) is 67.4 Å².